The maximum atomic E-state index is 12.7. The first-order chi connectivity index (χ1) is 13.0. The minimum absolute atomic E-state index is 0.0480. The van der Waals surface area contributed by atoms with Crippen LogP contribution in [-0.4, -0.2) is 49.6 Å². The van der Waals surface area contributed by atoms with Crippen molar-refractivity contribution in [3.8, 4) is 11.5 Å². The molecule has 1 aliphatic heterocycles. The molecule has 1 fully saturated rings. The third-order valence-electron chi connectivity index (χ3n) is 4.60. The molecule has 2 aromatic carbocycles. The maximum Gasteiger partial charge on any atom is 0.263 e. The summed E-state index contributed by atoms with van der Waals surface area (Å²) >= 11 is 0. The van der Waals surface area contributed by atoms with E-state index in [0.717, 1.165) is 11.3 Å². The molecule has 1 atom stereocenters. The molecule has 0 N–H and O–H groups in total. The van der Waals surface area contributed by atoms with Crippen LogP contribution >= 0.6 is 0 Å². The number of rotatable bonds is 5. The first-order valence-electron chi connectivity index (χ1n) is 8.95. The average molecular weight is 368 g/mol. The van der Waals surface area contributed by atoms with Gasteiger partial charge in [0.05, 0.1) is 7.11 Å². The number of hydrogen-bond donors (Lipinski definition) is 0. The van der Waals surface area contributed by atoms with Crippen molar-refractivity contribution in [2.75, 3.05) is 31.6 Å². The van der Waals surface area contributed by atoms with Gasteiger partial charge in [-0.3, -0.25) is 9.59 Å². The normalized spacial score (nSPS) is 15.4. The molecule has 0 bridgehead atoms. The molecule has 142 valence electrons. The van der Waals surface area contributed by atoms with Crippen molar-refractivity contribution in [3.63, 3.8) is 0 Å². The highest BCUT2D eigenvalue weighted by Crippen LogP contribution is 2.27. The molecule has 1 saturated heterocycles. The van der Waals surface area contributed by atoms with E-state index in [9.17, 15) is 9.59 Å². The molecule has 2 amide bonds. The number of hydrogen-bond acceptors (Lipinski definition) is 4. The molecule has 0 aliphatic carbocycles. The molecule has 0 unspecified atom stereocenters. The second-order valence-corrected chi connectivity index (χ2v) is 6.55. The van der Waals surface area contributed by atoms with Crippen LogP contribution in [0.3, 0.4) is 0 Å². The van der Waals surface area contributed by atoms with Crippen LogP contribution in [0.4, 0.5) is 5.69 Å². The summed E-state index contributed by atoms with van der Waals surface area (Å²) in [5.41, 5.74) is 2.00. The lowest BCUT2D eigenvalue weighted by molar-refractivity contribution is -0.142. The summed E-state index contributed by atoms with van der Waals surface area (Å²) in [7, 11) is 1.55. The molecular weight excluding hydrogens is 344 g/mol. The minimum atomic E-state index is -0.708. The topological polar surface area (TPSA) is 59.1 Å². The molecule has 0 aromatic heterocycles. The van der Waals surface area contributed by atoms with Crippen LogP contribution in [-0.2, 0) is 9.59 Å². The van der Waals surface area contributed by atoms with E-state index in [1.165, 1.54) is 0 Å². The summed E-state index contributed by atoms with van der Waals surface area (Å²) in [6, 6.07) is 15.0. The van der Waals surface area contributed by atoms with Crippen LogP contribution in [0.5, 0.6) is 11.5 Å². The van der Waals surface area contributed by atoms with E-state index < -0.39 is 6.10 Å². The average Bonchev–Trinajstić information content (AvgIpc) is 2.68. The largest absolute Gasteiger partial charge is 0.493 e. The van der Waals surface area contributed by atoms with Gasteiger partial charge in [-0.1, -0.05) is 29.8 Å². The van der Waals surface area contributed by atoms with Gasteiger partial charge in [-0.15, -0.1) is 0 Å². The SMILES string of the molecule is COc1ccccc1O[C@H](C)C(=O)N1CCN(c2ccc(C)cc2)C(=O)C1. The first kappa shape index (κ1) is 18.8. The lowest BCUT2D eigenvalue weighted by atomic mass is 10.2. The Kier molecular flexibility index (Phi) is 5.64. The fourth-order valence-corrected chi connectivity index (χ4v) is 3.07. The summed E-state index contributed by atoms with van der Waals surface area (Å²) < 4.78 is 11.0. The highest BCUT2D eigenvalue weighted by Gasteiger charge is 2.31. The maximum absolute atomic E-state index is 12.7. The molecule has 27 heavy (non-hydrogen) atoms. The lowest BCUT2D eigenvalue weighted by Crippen LogP contribution is -2.54. The molecular formula is C21H24N2O4. The molecule has 6 heteroatoms. The Morgan fingerprint density at radius 1 is 1.04 bits per heavy atom. The van der Waals surface area contributed by atoms with Gasteiger partial charge >= 0.3 is 0 Å². The smallest absolute Gasteiger partial charge is 0.263 e. The van der Waals surface area contributed by atoms with Crippen LogP contribution in [0.2, 0.25) is 0 Å². The van der Waals surface area contributed by atoms with Gasteiger partial charge in [-0.25, -0.2) is 0 Å². The number of anilines is 1. The van der Waals surface area contributed by atoms with Crippen molar-refractivity contribution in [1.29, 1.82) is 0 Å². The van der Waals surface area contributed by atoms with Crippen LogP contribution in [0, 0.1) is 6.92 Å². The summed E-state index contributed by atoms with van der Waals surface area (Å²) in [5, 5.41) is 0. The number of ether oxygens (including phenoxy) is 2. The van der Waals surface area contributed by atoms with Crippen LogP contribution in [0.25, 0.3) is 0 Å². The van der Waals surface area contributed by atoms with E-state index in [1.807, 2.05) is 43.3 Å². The fourth-order valence-electron chi connectivity index (χ4n) is 3.07. The summed E-state index contributed by atoms with van der Waals surface area (Å²) in [4.78, 5) is 28.5. The number of methoxy groups -OCH3 is 1. The molecule has 1 heterocycles. The molecule has 0 saturated carbocycles. The third-order valence-corrected chi connectivity index (χ3v) is 4.60. The number of para-hydroxylation sites is 2. The predicted molar refractivity (Wildman–Crippen MR) is 103 cm³/mol. The van der Waals surface area contributed by atoms with Crippen LogP contribution in [0.1, 0.15) is 12.5 Å². The van der Waals surface area contributed by atoms with E-state index in [0.29, 0.717) is 24.6 Å². The van der Waals surface area contributed by atoms with Crippen molar-refractivity contribution in [3.05, 3.63) is 54.1 Å². The van der Waals surface area contributed by atoms with Gasteiger partial charge in [-0.05, 0) is 38.1 Å². The van der Waals surface area contributed by atoms with E-state index >= 15 is 0 Å². The highest BCUT2D eigenvalue weighted by atomic mass is 16.5. The Labute approximate surface area is 159 Å². The number of carbonyl (C=O) groups excluding carboxylic acids is 2. The van der Waals surface area contributed by atoms with Gasteiger partial charge < -0.3 is 19.3 Å². The molecule has 6 nitrogen and oxygen atoms in total. The number of carbonyl (C=O) groups is 2. The van der Waals surface area contributed by atoms with E-state index in [-0.39, 0.29) is 18.4 Å². The zero-order valence-electron chi connectivity index (χ0n) is 15.8. The summed E-state index contributed by atoms with van der Waals surface area (Å²) in [6.07, 6.45) is -0.708. The Hall–Kier alpha value is -3.02. The Morgan fingerprint density at radius 3 is 2.33 bits per heavy atom. The van der Waals surface area contributed by atoms with Gasteiger partial charge in [0.2, 0.25) is 5.91 Å². The number of piperazine rings is 1. The quantitative estimate of drug-likeness (QED) is 0.814. The number of aryl methyl sites for hydroxylation is 1. The fraction of sp³-hybridized carbons (Fsp3) is 0.333. The van der Waals surface area contributed by atoms with Crippen molar-refractivity contribution in [2.45, 2.75) is 20.0 Å². The Balaban J connectivity index is 1.63. The zero-order chi connectivity index (χ0) is 19.4. The third kappa shape index (κ3) is 4.22. The minimum Gasteiger partial charge on any atom is -0.493 e. The first-order valence-corrected chi connectivity index (χ1v) is 8.95. The van der Waals surface area contributed by atoms with Crippen molar-refractivity contribution >= 4 is 17.5 Å². The van der Waals surface area contributed by atoms with Gasteiger partial charge in [0.25, 0.3) is 5.91 Å². The molecule has 1 aliphatic rings. The predicted octanol–water partition coefficient (Wildman–Crippen LogP) is 2.65. The molecule has 0 spiro atoms. The molecule has 2 aromatic rings. The standard InChI is InChI=1S/C21H24N2O4/c1-15-8-10-17(11-9-15)23-13-12-22(14-20(23)24)21(25)16(2)27-19-7-5-4-6-18(19)26-3/h4-11,16H,12-14H2,1-3H3/t16-/m1/s1. The van der Waals surface area contributed by atoms with Crippen LogP contribution in [0.15, 0.2) is 48.5 Å². The van der Waals surface area contributed by atoms with Crippen molar-refractivity contribution in [1.82, 2.24) is 4.90 Å². The summed E-state index contributed by atoms with van der Waals surface area (Å²) in [5.74, 6) is 0.767. The number of nitrogens with zero attached hydrogens (tertiary/aromatic N) is 2. The lowest BCUT2D eigenvalue weighted by Gasteiger charge is -2.35. The van der Waals surface area contributed by atoms with E-state index in [2.05, 4.69) is 0 Å². The number of benzene rings is 2. The van der Waals surface area contributed by atoms with E-state index in [4.69, 9.17) is 9.47 Å². The van der Waals surface area contributed by atoms with Gasteiger partial charge in [0, 0.05) is 18.8 Å². The molecule has 3 rings (SSSR count). The summed E-state index contributed by atoms with van der Waals surface area (Å²) in [6.45, 7) is 4.68. The van der Waals surface area contributed by atoms with E-state index in [1.54, 1.807) is 36.0 Å². The second-order valence-electron chi connectivity index (χ2n) is 6.55. The Bertz CT molecular complexity index is 819. The van der Waals surface area contributed by atoms with Crippen molar-refractivity contribution < 1.29 is 19.1 Å². The monoisotopic (exact) mass is 368 g/mol. The Morgan fingerprint density at radius 2 is 1.70 bits per heavy atom. The van der Waals surface area contributed by atoms with Crippen molar-refractivity contribution in [2.24, 2.45) is 0 Å². The van der Waals surface area contributed by atoms with Gasteiger partial charge in [-0.2, -0.15) is 0 Å². The zero-order valence-corrected chi connectivity index (χ0v) is 15.8. The highest BCUT2D eigenvalue weighted by molar-refractivity contribution is 5.98. The second kappa shape index (κ2) is 8.12. The van der Waals surface area contributed by atoms with Crippen LogP contribution < -0.4 is 14.4 Å². The number of amides is 2. The van der Waals surface area contributed by atoms with Gasteiger partial charge in [0.1, 0.15) is 6.54 Å². The van der Waals surface area contributed by atoms with Gasteiger partial charge in [0.15, 0.2) is 17.6 Å². The molecule has 0 radical (unpaired) electrons.